The number of thiophene rings is 1. The Morgan fingerprint density at radius 2 is 2.09 bits per heavy atom. The van der Waals surface area contributed by atoms with Gasteiger partial charge in [-0.2, -0.15) is 5.10 Å². The number of anilines is 1. The number of H-pyrrole nitrogens is 1. The van der Waals surface area contributed by atoms with Crippen LogP contribution in [0.1, 0.15) is 38.0 Å². The number of hydrogen-bond donors (Lipinski definition) is 3. The van der Waals surface area contributed by atoms with E-state index in [1.807, 2.05) is 0 Å². The van der Waals surface area contributed by atoms with E-state index in [0.29, 0.717) is 11.3 Å². The van der Waals surface area contributed by atoms with Gasteiger partial charge in [-0.15, -0.1) is 16.4 Å². The summed E-state index contributed by atoms with van der Waals surface area (Å²) in [7, 11) is 1.67. The van der Waals surface area contributed by atoms with Crippen molar-refractivity contribution in [3.63, 3.8) is 0 Å². The predicted octanol–water partition coefficient (Wildman–Crippen LogP) is 3.69. The Morgan fingerprint density at radius 3 is 2.62 bits per heavy atom. The smallest absolute Gasteiger partial charge is 0.357 e. The highest BCUT2D eigenvalue weighted by Gasteiger charge is 2.29. The van der Waals surface area contributed by atoms with Gasteiger partial charge in [-0.25, -0.2) is 13.8 Å². The van der Waals surface area contributed by atoms with Crippen molar-refractivity contribution in [3.8, 4) is 11.1 Å². The van der Waals surface area contributed by atoms with Gasteiger partial charge >= 0.3 is 5.82 Å². The van der Waals surface area contributed by atoms with Crippen molar-refractivity contribution < 1.29 is 23.3 Å². The number of nitrogens with one attached hydrogen (secondary N) is 2. The first-order valence-electron chi connectivity index (χ1n) is 9.25. The van der Waals surface area contributed by atoms with Gasteiger partial charge in [0, 0.05) is 23.7 Å². The SMILES string of the molecule is Cc1c(-c2cc(C(F)F)nc3sc(C(N)=O)c(NC(=O)c4n[nH]c([N+](=O)[O-])c4Br)c23)cnn1C. The number of hydrogen-bond acceptors (Lipinski definition) is 8. The van der Waals surface area contributed by atoms with Crippen molar-refractivity contribution in [2.75, 3.05) is 5.32 Å². The summed E-state index contributed by atoms with van der Waals surface area (Å²) >= 11 is 3.68. The standard InChI is InChI=1S/C18H13BrF2N8O4S/c1-5-7(4-23-28(5)2)6-3-8(14(20)21)24-18-9(6)11(13(34-18)15(22)30)25-17(31)12-10(19)16(27-26-12)29(32)33/h3-4,14H,1-2H3,(H2,22,30)(H,25,31)(H,26,27). The number of aromatic nitrogens is 5. The summed E-state index contributed by atoms with van der Waals surface area (Å²) in [5, 5.41) is 23.6. The van der Waals surface area contributed by atoms with Crippen LogP contribution in [0.2, 0.25) is 0 Å². The van der Waals surface area contributed by atoms with Crippen LogP contribution in [0, 0.1) is 17.0 Å². The van der Waals surface area contributed by atoms with Gasteiger partial charge in [-0.05, 0) is 39.4 Å². The Bertz CT molecular complexity index is 1490. The molecule has 2 amide bonds. The minimum atomic E-state index is -2.90. The molecule has 0 spiro atoms. The first kappa shape index (κ1) is 23.4. The fourth-order valence-electron chi connectivity index (χ4n) is 3.26. The van der Waals surface area contributed by atoms with Crippen LogP contribution >= 0.6 is 27.3 Å². The van der Waals surface area contributed by atoms with E-state index in [9.17, 15) is 28.5 Å². The van der Waals surface area contributed by atoms with E-state index in [1.165, 1.54) is 10.9 Å². The van der Waals surface area contributed by atoms with Crippen LogP contribution in [0.15, 0.2) is 16.7 Å². The zero-order chi connectivity index (χ0) is 24.9. The van der Waals surface area contributed by atoms with Gasteiger partial charge in [-0.3, -0.25) is 14.3 Å². The minimum Gasteiger partial charge on any atom is -0.365 e. The zero-order valence-corrected chi connectivity index (χ0v) is 19.6. The molecule has 176 valence electrons. The van der Waals surface area contributed by atoms with Crippen molar-refractivity contribution in [1.82, 2.24) is 25.0 Å². The second-order valence-corrected chi connectivity index (χ2v) is 8.75. The number of fused-ring (bicyclic) bond motifs is 1. The van der Waals surface area contributed by atoms with Gasteiger partial charge in [-0.1, -0.05) is 5.10 Å². The number of nitrogens with two attached hydrogens (primary N) is 1. The minimum absolute atomic E-state index is 0.0345. The molecule has 0 fully saturated rings. The highest BCUT2D eigenvalue weighted by atomic mass is 79.9. The second-order valence-electron chi connectivity index (χ2n) is 6.96. The molecule has 34 heavy (non-hydrogen) atoms. The Balaban J connectivity index is 1.96. The maximum Gasteiger partial charge on any atom is 0.357 e. The zero-order valence-electron chi connectivity index (χ0n) is 17.2. The Morgan fingerprint density at radius 1 is 1.38 bits per heavy atom. The van der Waals surface area contributed by atoms with Crippen molar-refractivity contribution in [1.29, 1.82) is 0 Å². The van der Waals surface area contributed by atoms with Crippen molar-refractivity contribution in [2.45, 2.75) is 13.3 Å². The van der Waals surface area contributed by atoms with E-state index in [0.717, 1.165) is 17.4 Å². The number of amides is 2. The molecule has 0 radical (unpaired) electrons. The molecule has 4 aromatic rings. The molecule has 0 aromatic carbocycles. The molecule has 0 aliphatic heterocycles. The van der Waals surface area contributed by atoms with Crippen molar-refractivity contribution in [2.24, 2.45) is 12.8 Å². The summed E-state index contributed by atoms with van der Waals surface area (Å²) in [6, 6.07) is 1.15. The highest BCUT2D eigenvalue weighted by molar-refractivity contribution is 9.10. The summed E-state index contributed by atoms with van der Waals surface area (Å²) in [4.78, 5) is 39.2. The number of aromatic amines is 1. The summed E-state index contributed by atoms with van der Waals surface area (Å²) < 4.78 is 28.5. The van der Waals surface area contributed by atoms with E-state index in [4.69, 9.17) is 5.73 Å². The molecule has 4 N–H and O–H groups in total. The van der Waals surface area contributed by atoms with Gasteiger partial charge < -0.3 is 21.2 Å². The molecule has 0 atom stereocenters. The van der Waals surface area contributed by atoms with Crippen molar-refractivity contribution in [3.05, 3.63) is 48.8 Å². The van der Waals surface area contributed by atoms with E-state index in [1.54, 1.807) is 14.0 Å². The number of nitro groups is 1. The molecule has 0 saturated heterocycles. The number of pyridine rings is 1. The lowest BCUT2D eigenvalue weighted by Crippen LogP contribution is -2.17. The molecule has 4 heterocycles. The third kappa shape index (κ3) is 3.79. The molecular weight excluding hydrogens is 542 g/mol. The number of aryl methyl sites for hydroxylation is 1. The molecule has 0 unspecified atom stereocenters. The second kappa shape index (κ2) is 8.53. The molecule has 0 saturated carbocycles. The summed E-state index contributed by atoms with van der Waals surface area (Å²) in [5.74, 6) is -2.39. The number of halogens is 3. The molecule has 0 bridgehead atoms. The molecular formula is C18H13BrF2N8O4S. The van der Waals surface area contributed by atoms with Crippen LogP contribution in [-0.2, 0) is 7.05 Å². The van der Waals surface area contributed by atoms with Crippen LogP contribution in [0.25, 0.3) is 21.3 Å². The van der Waals surface area contributed by atoms with Gasteiger partial charge in [0.25, 0.3) is 18.2 Å². The van der Waals surface area contributed by atoms with Gasteiger partial charge in [0.15, 0.2) is 5.69 Å². The predicted molar refractivity (Wildman–Crippen MR) is 121 cm³/mol. The average Bonchev–Trinajstić information content (AvgIpc) is 3.43. The Hall–Kier alpha value is -3.79. The van der Waals surface area contributed by atoms with E-state index in [2.05, 4.69) is 41.5 Å². The largest absolute Gasteiger partial charge is 0.365 e. The molecule has 0 aliphatic carbocycles. The quantitative estimate of drug-likeness (QED) is 0.240. The number of primary amides is 1. The van der Waals surface area contributed by atoms with Gasteiger partial charge in [0.2, 0.25) is 0 Å². The maximum absolute atomic E-state index is 13.6. The number of rotatable bonds is 6. The molecule has 0 aliphatic rings. The first-order chi connectivity index (χ1) is 16.0. The maximum atomic E-state index is 13.6. The summed E-state index contributed by atoms with van der Waals surface area (Å²) in [6.07, 6.45) is -1.45. The molecule has 4 rings (SSSR count). The number of carbonyl (C=O) groups is 2. The van der Waals surface area contributed by atoms with Crippen LogP contribution in [0.4, 0.5) is 20.3 Å². The topological polar surface area (TPSA) is 175 Å². The van der Waals surface area contributed by atoms with Crippen LogP contribution in [0.5, 0.6) is 0 Å². The lowest BCUT2D eigenvalue weighted by molar-refractivity contribution is -0.390. The highest BCUT2D eigenvalue weighted by Crippen LogP contribution is 2.43. The van der Waals surface area contributed by atoms with Crippen LogP contribution in [0.3, 0.4) is 0 Å². The van der Waals surface area contributed by atoms with E-state index >= 15 is 0 Å². The van der Waals surface area contributed by atoms with Gasteiger partial charge in [0.05, 0.1) is 11.9 Å². The van der Waals surface area contributed by atoms with Crippen molar-refractivity contribution >= 4 is 60.8 Å². The first-order valence-corrected chi connectivity index (χ1v) is 10.9. The molecule has 16 heteroatoms. The lowest BCUT2D eigenvalue weighted by Gasteiger charge is -2.10. The van der Waals surface area contributed by atoms with Crippen LogP contribution in [-0.4, -0.2) is 41.7 Å². The summed E-state index contributed by atoms with van der Waals surface area (Å²) in [5.41, 5.74) is 5.86. The number of carbonyl (C=O) groups excluding carboxylic acids is 2. The Kier molecular flexibility index (Phi) is 5.86. The lowest BCUT2D eigenvalue weighted by atomic mass is 10.0. The normalized spacial score (nSPS) is 11.4. The van der Waals surface area contributed by atoms with E-state index < -0.39 is 34.7 Å². The van der Waals surface area contributed by atoms with E-state index in [-0.39, 0.29) is 36.5 Å². The monoisotopic (exact) mass is 554 g/mol. The van der Waals surface area contributed by atoms with Gasteiger partial charge in [0.1, 0.15) is 19.9 Å². The third-order valence-corrected chi connectivity index (χ3v) is 6.83. The molecule has 12 nitrogen and oxygen atoms in total. The van der Waals surface area contributed by atoms with Crippen LogP contribution < -0.4 is 11.1 Å². The average molecular weight is 555 g/mol. The fraction of sp³-hybridized carbons (Fsp3) is 0.167. The molecule has 4 aromatic heterocycles. The Labute approximate surface area is 200 Å². The fourth-order valence-corrected chi connectivity index (χ4v) is 4.78. The number of nitrogens with zero attached hydrogens (tertiary/aromatic N) is 5. The summed E-state index contributed by atoms with van der Waals surface area (Å²) in [6.45, 7) is 1.72. The number of alkyl halides is 2. The third-order valence-electron chi connectivity index (χ3n) is 4.98.